The van der Waals surface area contributed by atoms with Crippen molar-refractivity contribution in [2.45, 2.75) is 53.0 Å². The Morgan fingerprint density at radius 3 is 2.48 bits per heavy atom. The molecule has 1 aromatic carbocycles. The number of hydrogen-bond donors (Lipinski definition) is 0. The first-order chi connectivity index (χ1) is 10.7. The summed E-state index contributed by atoms with van der Waals surface area (Å²) in [4.78, 5) is 2.31. The highest BCUT2D eigenvalue weighted by molar-refractivity contribution is 5.73. The fraction of sp³-hybridized carbons (Fsp3) is 0.429. The van der Waals surface area contributed by atoms with Gasteiger partial charge in [0.2, 0.25) is 0 Å². The van der Waals surface area contributed by atoms with Gasteiger partial charge in [0.1, 0.15) is 5.83 Å². The van der Waals surface area contributed by atoms with Gasteiger partial charge in [0.15, 0.2) is 0 Å². The Labute approximate surface area is 140 Å². The van der Waals surface area contributed by atoms with E-state index >= 15 is 0 Å². The van der Waals surface area contributed by atoms with Crippen LogP contribution in [0.3, 0.4) is 0 Å². The van der Waals surface area contributed by atoms with Crippen LogP contribution in [0.2, 0.25) is 0 Å². The smallest absolute Gasteiger partial charge is 0.126 e. The van der Waals surface area contributed by atoms with Gasteiger partial charge < -0.3 is 4.90 Å². The van der Waals surface area contributed by atoms with E-state index in [1.54, 1.807) is 6.08 Å². The Morgan fingerprint density at radius 1 is 1.22 bits per heavy atom. The van der Waals surface area contributed by atoms with Gasteiger partial charge in [-0.15, -0.1) is 0 Å². The number of allylic oxidation sites excluding steroid dienone is 6. The fourth-order valence-electron chi connectivity index (χ4n) is 3.07. The lowest BCUT2D eigenvalue weighted by Crippen LogP contribution is -2.36. The Bertz CT molecular complexity index is 692. The summed E-state index contributed by atoms with van der Waals surface area (Å²) in [5.41, 5.74) is 5.31. The van der Waals surface area contributed by atoms with Crippen LogP contribution in [0.15, 0.2) is 47.8 Å². The molecule has 1 nitrogen and oxygen atoms in total. The maximum atomic E-state index is 14.4. The van der Waals surface area contributed by atoms with E-state index in [1.807, 2.05) is 39.0 Å². The molecule has 1 aliphatic rings. The van der Waals surface area contributed by atoms with Crippen molar-refractivity contribution < 1.29 is 4.39 Å². The first-order valence-corrected chi connectivity index (χ1v) is 8.25. The first kappa shape index (κ1) is 17.5. The topological polar surface area (TPSA) is 3.24 Å². The van der Waals surface area contributed by atoms with Crippen molar-refractivity contribution in [1.29, 1.82) is 0 Å². The lowest BCUT2D eigenvalue weighted by molar-refractivity contribution is 0.454. The molecule has 0 spiro atoms. The molecule has 1 aromatic rings. The number of anilines is 1. The van der Waals surface area contributed by atoms with Gasteiger partial charge in [-0.2, -0.15) is 0 Å². The zero-order chi connectivity index (χ0) is 17.4. The highest BCUT2D eigenvalue weighted by Gasteiger charge is 2.40. The maximum absolute atomic E-state index is 14.4. The summed E-state index contributed by atoms with van der Waals surface area (Å²) in [6, 6.07) is 6.72. The molecule has 0 radical (unpaired) electrons. The van der Waals surface area contributed by atoms with Crippen molar-refractivity contribution in [1.82, 2.24) is 0 Å². The molecule has 0 fully saturated rings. The van der Waals surface area contributed by atoms with Gasteiger partial charge in [-0.3, -0.25) is 0 Å². The fourth-order valence-corrected chi connectivity index (χ4v) is 3.07. The van der Waals surface area contributed by atoms with E-state index in [-0.39, 0.29) is 11.2 Å². The van der Waals surface area contributed by atoms with Gasteiger partial charge in [0.05, 0.1) is 0 Å². The Morgan fingerprint density at radius 2 is 1.87 bits per heavy atom. The third-order valence-corrected chi connectivity index (χ3v) is 5.44. The third kappa shape index (κ3) is 3.12. The molecular weight excluding hydrogens is 285 g/mol. The molecule has 1 unspecified atom stereocenters. The molecule has 124 valence electrons. The monoisotopic (exact) mass is 313 g/mol. The normalized spacial score (nSPS) is 21.7. The highest BCUT2D eigenvalue weighted by Crippen LogP contribution is 2.45. The standard InChI is InChI=1S/C21H28FN/c1-8-14(2)9-11-19(22)15(3)17-10-12-20-18(13-17)21(5,6)16(4)23(20)7/h8-13,16H,1-7H3/b11-9+,14-8+,19-15+. The minimum Gasteiger partial charge on any atom is -0.371 e. The molecule has 0 amide bonds. The summed E-state index contributed by atoms with van der Waals surface area (Å²) >= 11 is 0. The second-order valence-corrected chi connectivity index (χ2v) is 7.08. The largest absolute Gasteiger partial charge is 0.371 e. The van der Waals surface area contributed by atoms with Crippen LogP contribution in [0.25, 0.3) is 5.57 Å². The molecule has 2 heteroatoms. The van der Waals surface area contributed by atoms with Gasteiger partial charge in [-0.05, 0) is 62.6 Å². The summed E-state index contributed by atoms with van der Waals surface area (Å²) in [6.45, 7) is 12.5. The minimum atomic E-state index is -0.177. The number of benzene rings is 1. The number of hydrogen-bond acceptors (Lipinski definition) is 1. The molecule has 1 aliphatic heterocycles. The lowest BCUT2D eigenvalue weighted by atomic mass is 9.80. The molecule has 1 atom stereocenters. The van der Waals surface area contributed by atoms with Crippen molar-refractivity contribution in [2.24, 2.45) is 0 Å². The van der Waals surface area contributed by atoms with E-state index in [4.69, 9.17) is 0 Å². The van der Waals surface area contributed by atoms with Crippen molar-refractivity contribution in [2.75, 3.05) is 11.9 Å². The van der Waals surface area contributed by atoms with Crippen LogP contribution in [0.5, 0.6) is 0 Å². The van der Waals surface area contributed by atoms with Crippen LogP contribution < -0.4 is 4.90 Å². The highest BCUT2D eigenvalue weighted by atomic mass is 19.1. The van der Waals surface area contributed by atoms with E-state index in [0.717, 1.165) is 11.1 Å². The molecule has 0 saturated carbocycles. The summed E-state index contributed by atoms with van der Waals surface area (Å²) in [6.07, 6.45) is 5.33. The van der Waals surface area contributed by atoms with E-state index in [1.165, 1.54) is 11.3 Å². The Kier molecular flexibility index (Phi) is 4.84. The van der Waals surface area contributed by atoms with Crippen LogP contribution in [-0.2, 0) is 5.41 Å². The van der Waals surface area contributed by atoms with Crippen LogP contribution in [0.4, 0.5) is 10.1 Å². The predicted molar refractivity (Wildman–Crippen MR) is 99.6 cm³/mol. The van der Waals surface area contributed by atoms with Crippen molar-refractivity contribution in [3.05, 3.63) is 59.0 Å². The molecule has 1 heterocycles. The number of nitrogens with zero attached hydrogens (tertiary/aromatic N) is 1. The van der Waals surface area contributed by atoms with E-state index in [9.17, 15) is 4.39 Å². The maximum Gasteiger partial charge on any atom is 0.126 e. The molecule has 23 heavy (non-hydrogen) atoms. The number of fused-ring (bicyclic) bond motifs is 1. The average molecular weight is 313 g/mol. The van der Waals surface area contributed by atoms with Gasteiger partial charge >= 0.3 is 0 Å². The van der Waals surface area contributed by atoms with Crippen molar-refractivity contribution in [3.63, 3.8) is 0 Å². The summed E-state index contributed by atoms with van der Waals surface area (Å²) in [7, 11) is 2.13. The number of likely N-dealkylation sites (N-methyl/N-ethyl adjacent to an activating group) is 1. The van der Waals surface area contributed by atoms with Crippen LogP contribution in [0, 0.1) is 0 Å². The average Bonchev–Trinajstić information content (AvgIpc) is 2.72. The molecule has 0 N–H and O–H groups in total. The van der Waals surface area contributed by atoms with Gasteiger partial charge in [-0.1, -0.05) is 37.6 Å². The van der Waals surface area contributed by atoms with E-state index in [0.29, 0.717) is 11.6 Å². The SMILES string of the molecule is C/C=C(C)/C=C/C(F)=C(/C)c1ccc2c(c1)C(C)(C)C(C)N2C. The third-order valence-electron chi connectivity index (χ3n) is 5.44. The molecule has 2 rings (SSSR count). The van der Waals surface area contributed by atoms with Crippen molar-refractivity contribution in [3.8, 4) is 0 Å². The van der Waals surface area contributed by atoms with Crippen molar-refractivity contribution >= 4 is 11.3 Å². The van der Waals surface area contributed by atoms with Crippen LogP contribution >= 0.6 is 0 Å². The van der Waals surface area contributed by atoms with Gasteiger partial charge in [-0.25, -0.2) is 4.39 Å². The summed E-state index contributed by atoms with van der Waals surface area (Å²) < 4.78 is 14.4. The van der Waals surface area contributed by atoms with Crippen LogP contribution in [-0.4, -0.2) is 13.1 Å². The second-order valence-electron chi connectivity index (χ2n) is 7.08. The summed E-state index contributed by atoms with van der Waals surface area (Å²) in [5.74, 6) is -0.177. The predicted octanol–water partition coefficient (Wildman–Crippen LogP) is 6.03. The molecular formula is C21H28FN. The quantitative estimate of drug-likeness (QED) is 0.616. The van der Waals surface area contributed by atoms with E-state index < -0.39 is 0 Å². The summed E-state index contributed by atoms with van der Waals surface area (Å²) in [5, 5.41) is 0. The zero-order valence-corrected chi connectivity index (χ0v) is 15.4. The lowest BCUT2D eigenvalue weighted by Gasteiger charge is -2.28. The van der Waals surface area contributed by atoms with Gasteiger partial charge in [0, 0.05) is 24.2 Å². The number of halogens is 1. The minimum absolute atomic E-state index is 0.0637. The Balaban J connectivity index is 2.44. The number of rotatable bonds is 3. The zero-order valence-electron chi connectivity index (χ0n) is 15.4. The molecule has 0 aromatic heterocycles. The molecule has 0 aliphatic carbocycles. The van der Waals surface area contributed by atoms with Crippen LogP contribution in [0.1, 0.15) is 52.7 Å². The molecule has 0 saturated heterocycles. The van der Waals surface area contributed by atoms with Gasteiger partial charge in [0.25, 0.3) is 0 Å². The second kappa shape index (κ2) is 6.35. The Hall–Kier alpha value is -1.83. The van der Waals surface area contributed by atoms with E-state index in [2.05, 4.69) is 44.9 Å². The molecule has 0 bridgehead atoms. The first-order valence-electron chi connectivity index (χ1n) is 8.25.